The van der Waals surface area contributed by atoms with Crippen LogP contribution in [0.1, 0.15) is 41.5 Å². The van der Waals surface area contributed by atoms with Gasteiger partial charge in [-0.3, -0.25) is 0 Å². The van der Waals surface area contributed by atoms with Crippen LogP contribution in [-0.4, -0.2) is 56.8 Å². The van der Waals surface area contributed by atoms with E-state index in [0.717, 1.165) is 4.68 Å². The van der Waals surface area contributed by atoms with Gasteiger partial charge in [0, 0.05) is 13.1 Å². The molecule has 10 heteroatoms. The molecule has 2 heterocycles. The van der Waals surface area contributed by atoms with Crippen LogP contribution in [0.25, 0.3) is 0 Å². The van der Waals surface area contributed by atoms with E-state index in [2.05, 4.69) is 16.9 Å². The van der Waals surface area contributed by atoms with Crippen LogP contribution in [-0.2, 0) is 4.74 Å². The van der Waals surface area contributed by atoms with Crippen LogP contribution >= 0.6 is 0 Å². The fourth-order valence-electron chi connectivity index (χ4n) is 2.44. The van der Waals surface area contributed by atoms with E-state index in [1.807, 2.05) is 0 Å². The molecule has 23 heavy (non-hydrogen) atoms. The Morgan fingerprint density at radius 1 is 1.43 bits per heavy atom. The molecule has 1 aliphatic heterocycles. The molecule has 0 aliphatic carbocycles. The molecule has 2 rings (SSSR count). The minimum Gasteiger partial charge on any atom is -0.476 e. The molecule has 0 unspecified atom stereocenters. The number of hydrogen-bond donors (Lipinski definition) is 1. The Morgan fingerprint density at radius 3 is 2.61 bits per heavy atom. The summed E-state index contributed by atoms with van der Waals surface area (Å²) in [5, 5.41) is 15.8. The van der Waals surface area contributed by atoms with Gasteiger partial charge in [0.2, 0.25) is 0 Å². The summed E-state index contributed by atoms with van der Waals surface area (Å²) in [5.74, 6) is -1.54. The summed E-state index contributed by atoms with van der Waals surface area (Å²) in [6.07, 6.45) is -1.34. The Kier molecular flexibility index (Phi) is 5.24. The highest BCUT2D eigenvalue weighted by Crippen LogP contribution is 2.29. The van der Waals surface area contributed by atoms with Crippen molar-refractivity contribution in [2.24, 2.45) is 0 Å². The summed E-state index contributed by atoms with van der Waals surface area (Å²) in [5.41, 5.74) is -1.45. The molecule has 1 saturated heterocycles. The van der Waals surface area contributed by atoms with Gasteiger partial charge in [0.05, 0.1) is 6.04 Å². The van der Waals surface area contributed by atoms with Crippen molar-refractivity contribution in [1.29, 1.82) is 0 Å². The molecule has 1 aliphatic rings. The number of carbonyl (C=O) groups excluding carboxylic acids is 1. The first-order chi connectivity index (χ1) is 11.0. The predicted molar refractivity (Wildman–Crippen MR) is 73.3 cm³/mol. The number of hydrogen-bond acceptors (Lipinski definition) is 5. The third-order valence-electron chi connectivity index (χ3n) is 3.53. The summed E-state index contributed by atoms with van der Waals surface area (Å²) in [6.45, 7) is 4.13. The monoisotopic (exact) mass is 330 g/mol. The van der Waals surface area contributed by atoms with E-state index in [1.165, 1.54) is 11.0 Å². The Bertz CT molecular complexity index is 597. The molecule has 1 aromatic heterocycles. The fraction of sp³-hybridized carbons (Fsp3) is 0.538. The van der Waals surface area contributed by atoms with Gasteiger partial charge in [-0.15, -0.1) is 5.10 Å². The lowest BCUT2D eigenvalue weighted by Gasteiger charge is -2.31. The van der Waals surface area contributed by atoms with Gasteiger partial charge in [0.15, 0.2) is 5.69 Å². The number of carboxylic acid groups (broad SMARTS) is 1. The second-order valence-electron chi connectivity index (χ2n) is 4.96. The highest BCUT2D eigenvalue weighted by atomic mass is 19.3. The van der Waals surface area contributed by atoms with Gasteiger partial charge in [-0.2, -0.15) is 0 Å². The highest BCUT2D eigenvalue weighted by Gasteiger charge is 2.32. The number of carbonyl (C=O) groups is 2. The van der Waals surface area contributed by atoms with E-state index in [4.69, 9.17) is 9.84 Å². The molecule has 0 atom stereocenters. The smallest absolute Gasteiger partial charge is 0.410 e. The second kappa shape index (κ2) is 7.16. The summed E-state index contributed by atoms with van der Waals surface area (Å²) in [7, 11) is 0. The van der Waals surface area contributed by atoms with Crippen LogP contribution in [0.4, 0.5) is 13.6 Å². The maximum atomic E-state index is 13.1. The van der Waals surface area contributed by atoms with Crippen LogP contribution < -0.4 is 0 Å². The van der Waals surface area contributed by atoms with E-state index in [1.54, 1.807) is 0 Å². The van der Waals surface area contributed by atoms with Gasteiger partial charge in [0.25, 0.3) is 6.43 Å². The minimum absolute atomic E-state index is 0.0966. The van der Waals surface area contributed by atoms with E-state index < -0.39 is 35.9 Å². The van der Waals surface area contributed by atoms with Crippen molar-refractivity contribution in [3.8, 4) is 0 Å². The average molecular weight is 330 g/mol. The zero-order chi connectivity index (χ0) is 17.0. The Balaban J connectivity index is 2.07. The van der Waals surface area contributed by atoms with Crippen molar-refractivity contribution in [1.82, 2.24) is 19.9 Å². The van der Waals surface area contributed by atoms with E-state index in [-0.39, 0.29) is 6.61 Å². The van der Waals surface area contributed by atoms with Crippen molar-refractivity contribution >= 4 is 12.1 Å². The molecule has 8 nitrogen and oxygen atoms in total. The van der Waals surface area contributed by atoms with Gasteiger partial charge in [0.1, 0.15) is 12.3 Å². The standard InChI is InChI=1S/C13H16F2N4O4/c1-2-7-23-13(22)18-5-3-8(4-6-18)19-10(11(14)15)9(12(20)21)16-17-19/h2,8,11H,1,3-7H2,(H,20,21). The number of ether oxygens (including phenoxy) is 1. The Hall–Kier alpha value is -2.52. The molecular formula is C13H16F2N4O4. The Labute approximate surface area is 130 Å². The number of nitrogens with zero attached hydrogens (tertiary/aromatic N) is 4. The third kappa shape index (κ3) is 3.63. The zero-order valence-electron chi connectivity index (χ0n) is 12.2. The Morgan fingerprint density at radius 2 is 2.09 bits per heavy atom. The van der Waals surface area contributed by atoms with Gasteiger partial charge < -0.3 is 14.7 Å². The molecule has 1 N–H and O–H groups in total. The van der Waals surface area contributed by atoms with Crippen molar-refractivity contribution < 1.29 is 28.2 Å². The quantitative estimate of drug-likeness (QED) is 0.828. The number of halogens is 2. The van der Waals surface area contributed by atoms with E-state index in [9.17, 15) is 18.4 Å². The number of aromatic nitrogens is 3. The highest BCUT2D eigenvalue weighted by molar-refractivity contribution is 5.86. The van der Waals surface area contributed by atoms with E-state index >= 15 is 0 Å². The summed E-state index contributed by atoms with van der Waals surface area (Å²) in [4.78, 5) is 24.1. The van der Waals surface area contributed by atoms with Crippen LogP contribution in [0.3, 0.4) is 0 Å². The van der Waals surface area contributed by atoms with Gasteiger partial charge in [-0.25, -0.2) is 23.1 Å². The molecule has 1 amide bonds. The predicted octanol–water partition coefficient (Wildman–Crippen LogP) is 1.87. The first-order valence-corrected chi connectivity index (χ1v) is 6.94. The average Bonchev–Trinajstić information content (AvgIpc) is 2.98. The summed E-state index contributed by atoms with van der Waals surface area (Å²) in [6, 6.07) is -0.442. The lowest BCUT2D eigenvalue weighted by atomic mass is 10.1. The summed E-state index contributed by atoms with van der Waals surface area (Å²) < 4.78 is 32.1. The normalized spacial score (nSPS) is 15.7. The van der Waals surface area contributed by atoms with Gasteiger partial charge in [-0.1, -0.05) is 17.9 Å². The number of likely N-dealkylation sites (tertiary alicyclic amines) is 1. The first kappa shape index (κ1) is 16.8. The van der Waals surface area contributed by atoms with Crippen molar-refractivity contribution in [3.05, 3.63) is 24.0 Å². The number of piperidine rings is 1. The van der Waals surface area contributed by atoms with Crippen LogP contribution in [0, 0.1) is 0 Å². The number of aromatic carboxylic acids is 1. The molecule has 0 aromatic carbocycles. The SMILES string of the molecule is C=CCOC(=O)N1CCC(n2nnc(C(=O)O)c2C(F)F)CC1. The second-order valence-corrected chi connectivity index (χ2v) is 4.96. The van der Waals surface area contributed by atoms with Crippen LogP contribution in [0.15, 0.2) is 12.7 Å². The van der Waals surface area contributed by atoms with Crippen LogP contribution in [0.2, 0.25) is 0 Å². The number of amides is 1. The molecule has 1 aromatic rings. The largest absolute Gasteiger partial charge is 0.476 e. The van der Waals surface area contributed by atoms with Crippen molar-refractivity contribution in [3.63, 3.8) is 0 Å². The maximum Gasteiger partial charge on any atom is 0.410 e. The maximum absolute atomic E-state index is 13.1. The first-order valence-electron chi connectivity index (χ1n) is 6.94. The molecule has 0 bridgehead atoms. The topological polar surface area (TPSA) is 97.5 Å². The molecule has 126 valence electrons. The number of carboxylic acids is 1. The van der Waals surface area contributed by atoms with Crippen molar-refractivity contribution in [2.45, 2.75) is 25.3 Å². The van der Waals surface area contributed by atoms with Gasteiger partial charge in [-0.05, 0) is 12.8 Å². The van der Waals surface area contributed by atoms with E-state index in [0.29, 0.717) is 25.9 Å². The lowest BCUT2D eigenvalue weighted by molar-refractivity contribution is 0.0673. The number of rotatable bonds is 5. The summed E-state index contributed by atoms with van der Waals surface area (Å²) >= 11 is 0. The van der Waals surface area contributed by atoms with Gasteiger partial charge >= 0.3 is 12.1 Å². The molecule has 1 fully saturated rings. The van der Waals surface area contributed by atoms with Crippen molar-refractivity contribution in [2.75, 3.05) is 19.7 Å². The lowest BCUT2D eigenvalue weighted by Crippen LogP contribution is -2.39. The molecule has 0 saturated carbocycles. The van der Waals surface area contributed by atoms with Crippen LogP contribution in [0.5, 0.6) is 0 Å². The zero-order valence-corrected chi connectivity index (χ0v) is 12.2. The number of alkyl halides is 2. The minimum atomic E-state index is -2.99. The molecular weight excluding hydrogens is 314 g/mol. The molecule has 0 radical (unpaired) electrons. The molecule has 0 spiro atoms. The third-order valence-corrected chi connectivity index (χ3v) is 3.53. The fourth-order valence-corrected chi connectivity index (χ4v) is 2.44.